The van der Waals surface area contributed by atoms with Crippen molar-refractivity contribution in [2.24, 2.45) is 5.41 Å². The van der Waals surface area contributed by atoms with Crippen LogP contribution in [-0.4, -0.2) is 11.6 Å². The molecule has 3 aliphatic rings. The summed E-state index contributed by atoms with van der Waals surface area (Å²) in [6, 6.07) is 5.37. The Morgan fingerprint density at radius 2 is 1.60 bits per heavy atom. The van der Waals surface area contributed by atoms with E-state index in [0.717, 1.165) is 0 Å². The minimum atomic E-state index is 0.363. The molecule has 1 aromatic rings. The molecule has 20 heavy (non-hydrogen) atoms. The van der Waals surface area contributed by atoms with E-state index in [2.05, 4.69) is 58.6 Å². The van der Waals surface area contributed by atoms with Crippen LogP contribution in [0.25, 0.3) is 0 Å². The summed E-state index contributed by atoms with van der Waals surface area (Å²) in [7, 11) is 0. The third-order valence-corrected chi connectivity index (χ3v) is 6.49. The van der Waals surface area contributed by atoms with Crippen LogP contribution in [-0.2, 0) is 0 Å². The summed E-state index contributed by atoms with van der Waals surface area (Å²) in [6.45, 7) is 14.2. The van der Waals surface area contributed by atoms with Gasteiger partial charge in [0.2, 0.25) is 0 Å². The molecular weight excluding hydrogens is 242 g/mol. The van der Waals surface area contributed by atoms with Gasteiger partial charge in [0.15, 0.2) is 0 Å². The Balaban J connectivity index is 2.14. The van der Waals surface area contributed by atoms with Gasteiger partial charge in [0.1, 0.15) is 0 Å². The lowest BCUT2D eigenvalue weighted by Crippen LogP contribution is -2.65. The fourth-order valence-electron chi connectivity index (χ4n) is 4.56. The second-order valence-corrected chi connectivity index (χ2v) is 7.92. The van der Waals surface area contributed by atoms with Crippen molar-refractivity contribution in [3.8, 4) is 0 Å². The topological polar surface area (TPSA) is 3.24 Å². The fraction of sp³-hybridized carbons (Fsp3) is 0.684. The molecular formula is C19H29N. The number of piperidine rings is 2. The van der Waals surface area contributed by atoms with Crippen LogP contribution in [0.4, 0.5) is 5.69 Å². The molecule has 0 N–H and O–H groups in total. The molecule has 1 aliphatic carbocycles. The predicted octanol–water partition coefficient (Wildman–Crippen LogP) is 5.16. The van der Waals surface area contributed by atoms with Crippen molar-refractivity contribution in [3.63, 3.8) is 0 Å². The fourth-order valence-corrected chi connectivity index (χ4v) is 4.56. The minimum absolute atomic E-state index is 0.363. The summed E-state index contributed by atoms with van der Waals surface area (Å²) in [5, 5.41) is 0. The number of nitrogens with zero attached hydrogens (tertiary/aromatic N) is 1. The first-order chi connectivity index (χ1) is 9.27. The van der Waals surface area contributed by atoms with Gasteiger partial charge in [0, 0.05) is 17.3 Å². The van der Waals surface area contributed by atoms with Gasteiger partial charge >= 0.3 is 0 Å². The monoisotopic (exact) mass is 271 g/mol. The quantitative estimate of drug-likeness (QED) is 0.682. The van der Waals surface area contributed by atoms with Crippen LogP contribution in [0.15, 0.2) is 12.1 Å². The van der Waals surface area contributed by atoms with Gasteiger partial charge in [-0.1, -0.05) is 13.0 Å². The molecule has 0 aromatic heterocycles. The van der Waals surface area contributed by atoms with Crippen LogP contribution in [0.2, 0.25) is 0 Å². The number of fused-ring (bicyclic) bond motifs is 3. The number of benzene rings is 1. The van der Waals surface area contributed by atoms with E-state index in [1.54, 1.807) is 0 Å². The van der Waals surface area contributed by atoms with Gasteiger partial charge in [0.25, 0.3) is 0 Å². The van der Waals surface area contributed by atoms with E-state index in [0.29, 0.717) is 17.0 Å². The molecule has 1 saturated carbocycles. The highest BCUT2D eigenvalue weighted by atomic mass is 15.3. The lowest BCUT2D eigenvalue weighted by Gasteiger charge is -2.63. The van der Waals surface area contributed by atoms with E-state index in [4.69, 9.17) is 0 Å². The Kier molecular flexibility index (Phi) is 2.97. The zero-order chi connectivity index (χ0) is 14.7. The van der Waals surface area contributed by atoms with Gasteiger partial charge in [-0.3, -0.25) is 0 Å². The van der Waals surface area contributed by atoms with E-state index in [1.165, 1.54) is 48.1 Å². The van der Waals surface area contributed by atoms with Crippen molar-refractivity contribution in [1.82, 2.24) is 0 Å². The molecule has 3 fully saturated rings. The number of hydrogen-bond donors (Lipinski definition) is 0. The van der Waals surface area contributed by atoms with Crippen LogP contribution < -0.4 is 4.90 Å². The molecule has 0 amide bonds. The molecule has 2 aliphatic heterocycles. The minimum Gasteiger partial charge on any atom is -0.363 e. The average Bonchev–Trinajstić information content (AvgIpc) is 2.38. The third-order valence-electron chi connectivity index (χ3n) is 6.49. The molecule has 2 heterocycles. The zero-order valence-corrected chi connectivity index (χ0v) is 14.0. The number of rotatable bonds is 1. The van der Waals surface area contributed by atoms with Gasteiger partial charge in [-0.05, 0) is 88.5 Å². The smallest absolute Gasteiger partial charge is 0.0408 e. The maximum Gasteiger partial charge on any atom is 0.0408 e. The van der Waals surface area contributed by atoms with Gasteiger partial charge in [-0.2, -0.15) is 0 Å². The van der Waals surface area contributed by atoms with E-state index >= 15 is 0 Å². The van der Waals surface area contributed by atoms with Crippen LogP contribution in [0.5, 0.6) is 0 Å². The van der Waals surface area contributed by atoms with E-state index in [1.807, 2.05) is 0 Å². The second-order valence-electron chi connectivity index (χ2n) is 7.92. The molecule has 0 spiro atoms. The van der Waals surface area contributed by atoms with Gasteiger partial charge in [-0.15, -0.1) is 0 Å². The molecule has 4 rings (SSSR count). The Hall–Kier alpha value is -0.980. The number of aryl methyl sites for hydroxylation is 2. The van der Waals surface area contributed by atoms with Crippen LogP contribution in [0, 0.1) is 26.2 Å². The highest BCUT2D eigenvalue weighted by Crippen LogP contribution is 2.55. The zero-order valence-electron chi connectivity index (χ0n) is 14.0. The highest BCUT2D eigenvalue weighted by molar-refractivity contribution is 5.61. The molecule has 1 nitrogen and oxygen atoms in total. The molecule has 1 aromatic carbocycles. The Morgan fingerprint density at radius 1 is 1.00 bits per heavy atom. The summed E-state index contributed by atoms with van der Waals surface area (Å²) in [6.07, 6.45) is 5.48. The molecule has 1 atom stereocenters. The van der Waals surface area contributed by atoms with Gasteiger partial charge in [-0.25, -0.2) is 0 Å². The van der Waals surface area contributed by atoms with Crippen LogP contribution in [0.3, 0.4) is 0 Å². The normalized spacial score (nSPS) is 36.5. The predicted molar refractivity (Wildman–Crippen MR) is 87.6 cm³/mol. The van der Waals surface area contributed by atoms with Crippen molar-refractivity contribution < 1.29 is 0 Å². The van der Waals surface area contributed by atoms with Crippen LogP contribution in [0.1, 0.15) is 63.1 Å². The van der Waals surface area contributed by atoms with Crippen molar-refractivity contribution in [1.29, 1.82) is 0 Å². The lowest BCUT2D eigenvalue weighted by atomic mass is 9.59. The Bertz CT molecular complexity index is 535. The maximum absolute atomic E-state index is 2.77. The largest absolute Gasteiger partial charge is 0.363 e. The molecule has 1 unspecified atom stereocenters. The first-order valence-corrected chi connectivity index (χ1v) is 8.14. The molecule has 2 saturated heterocycles. The second kappa shape index (κ2) is 4.26. The van der Waals surface area contributed by atoms with Crippen LogP contribution >= 0.6 is 0 Å². The van der Waals surface area contributed by atoms with Gasteiger partial charge < -0.3 is 4.90 Å². The lowest BCUT2D eigenvalue weighted by molar-refractivity contribution is 0.0508. The first kappa shape index (κ1) is 14.0. The summed E-state index contributed by atoms with van der Waals surface area (Å²) >= 11 is 0. The summed E-state index contributed by atoms with van der Waals surface area (Å²) in [4.78, 5) is 2.77. The third kappa shape index (κ3) is 1.82. The molecule has 1 heteroatoms. The highest BCUT2D eigenvalue weighted by Gasteiger charge is 2.53. The number of hydrogen-bond acceptors (Lipinski definition) is 1. The molecule has 0 radical (unpaired) electrons. The van der Waals surface area contributed by atoms with E-state index in [-0.39, 0.29) is 0 Å². The molecule has 110 valence electrons. The maximum atomic E-state index is 2.77. The van der Waals surface area contributed by atoms with E-state index < -0.39 is 0 Å². The number of anilines is 1. The van der Waals surface area contributed by atoms with Gasteiger partial charge in [0.05, 0.1) is 0 Å². The van der Waals surface area contributed by atoms with Crippen molar-refractivity contribution >= 4 is 5.69 Å². The standard InChI is InChI=1S/C19H29N/c1-13-11-14(2)15(3)17(12-13)20-16(4)18(5)7-9-19(20,6)10-8-18/h11-12,16H,7-10H2,1-6H3. The molecule has 2 bridgehead atoms. The summed E-state index contributed by atoms with van der Waals surface area (Å²) < 4.78 is 0. The summed E-state index contributed by atoms with van der Waals surface area (Å²) in [5.41, 5.74) is 6.65. The van der Waals surface area contributed by atoms with E-state index in [9.17, 15) is 0 Å². The SMILES string of the molecule is Cc1cc(C)c(C)c(N2C(C)C3(C)CCC2(C)CC3)c1. The van der Waals surface area contributed by atoms with Crippen molar-refractivity contribution in [2.45, 2.75) is 78.8 Å². The Morgan fingerprint density at radius 3 is 2.20 bits per heavy atom. The first-order valence-electron chi connectivity index (χ1n) is 8.14. The van der Waals surface area contributed by atoms with Crippen molar-refractivity contribution in [2.75, 3.05) is 4.90 Å². The summed E-state index contributed by atoms with van der Waals surface area (Å²) in [5.74, 6) is 0. The Labute approximate surface area is 124 Å². The average molecular weight is 271 g/mol. The van der Waals surface area contributed by atoms with Crippen molar-refractivity contribution in [3.05, 3.63) is 28.8 Å².